The van der Waals surface area contributed by atoms with Crippen molar-refractivity contribution in [2.75, 3.05) is 19.6 Å². The third-order valence-electron chi connectivity index (χ3n) is 4.56. The second-order valence-electron chi connectivity index (χ2n) is 6.53. The summed E-state index contributed by atoms with van der Waals surface area (Å²) in [6.07, 6.45) is 1.91. The van der Waals surface area contributed by atoms with Crippen molar-refractivity contribution in [2.24, 2.45) is 0 Å². The zero-order chi connectivity index (χ0) is 19.1. The van der Waals surface area contributed by atoms with E-state index in [1.807, 2.05) is 28.5 Å². The molecular formula is C20H23N3O3S. The molecule has 2 aromatic rings. The zero-order valence-corrected chi connectivity index (χ0v) is 15.8. The maximum Gasteiger partial charge on any atom is 0.251 e. The fourth-order valence-electron chi connectivity index (χ4n) is 3.08. The Labute approximate surface area is 162 Å². The first kappa shape index (κ1) is 19.1. The summed E-state index contributed by atoms with van der Waals surface area (Å²) < 4.78 is 0. The van der Waals surface area contributed by atoms with Crippen LogP contribution in [0.25, 0.3) is 0 Å². The Balaban J connectivity index is 1.36. The summed E-state index contributed by atoms with van der Waals surface area (Å²) in [5, 5.41) is 7.54. The molecule has 142 valence electrons. The SMILES string of the molecule is O=C(CNC(=O)c1ccccc1)NC1CCN(C(=O)Cc2cccs2)CC1. The summed E-state index contributed by atoms with van der Waals surface area (Å²) in [7, 11) is 0. The molecule has 1 aromatic carbocycles. The minimum atomic E-state index is -0.264. The molecule has 3 amide bonds. The second kappa shape index (κ2) is 9.32. The van der Waals surface area contributed by atoms with Gasteiger partial charge in [-0.15, -0.1) is 11.3 Å². The van der Waals surface area contributed by atoms with Crippen LogP contribution in [-0.2, 0) is 16.0 Å². The van der Waals surface area contributed by atoms with Crippen LogP contribution in [0.5, 0.6) is 0 Å². The summed E-state index contributed by atoms with van der Waals surface area (Å²) in [6, 6.07) is 12.8. The molecule has 1 aliphatic rings. The van der Waals surface area contributed by atoms with Gasteiger partial charge in [-0.1, -0.05) is 24.3 Å². The number of rotatable bonds is 6. The monoisotopic (exact) mass is 385 g/mol. The maximum atomic E-state index is 12.3. The predicted octanol–water partition coefficient (Wildman–Crippen LogP) is 1.83. The Morgan fingerprint density at radius 1 is 1.04 bits per heavy atom. The highest BCUT2D eigenvalue weighted by molar-refractivity contribution is 7.10. The number of benzene rings is 1. The van der Waals surface area contributed by atoms with Gasteiger partial charge in [0.05, 0.1) is 13.0 Å². The summed E-state index contributed by atoms with van der Waals surface area (Å²) in [5.41, 5.74) is 0.530. The molecule has 0 unspecified atom stereocenters. The third-order valence-corrected chi connectivity index (χ3v) is 5.44. The zero-order valence-electron chi connectivity index (χ0n) is 15.0. The Bertz CT molecular complexity index is 769. The molecule has 0 spiro atoms. The predicted molar refractivity (Wildman–Crippen MR) is 105 cm³/mol. The Hall–Kier alpha value is -2.67. The average Bonchev–Trinajstić information content (AvgIpc) is 3.20. The van der Waals surface area contributed by atoms with Gasteiger partial charge in [-0.3, -0.25) is 14.4 Å². The summed E-state index contributed by atoms with van der Waals surface area (Å²) in [5.74, 6) is -0.334. The van der Waals surface area contributed by atoms with Gasteiger partial charge < -0.3 is 15.5 Å². The summed E-state index contributed by atoms with van der Waals surface area (Å²) >= 11 is 1.59. The lowest BCUT2D eigenvalue weighted by Gasteiger charge is -2.32. The van der Waals surface area contributed by atoms with E-state index in [4.69, 9.17) is 0 Å². The summed E-state index contributed by atoms with van der Waals surface area (Å²) in [4.78, 5) is 39.3. The van der Waals surface area contributed by atoms with Crippen LogP contribution >= 0.6 is 11.3 Å². The van der Waals surface area contributed by atoms with Crippen molar-refractivity contribution in [3.05, 3.63) is 58.3 Å². The van der Waals surface area contributed by atoms with Gasteiger partial charge in [0.2, 0.25) is 11.8 Å². The van der Waals surface area contributed by atoms with Crippen LogP contribution in [0, 0.1) is 0 Å². The maximum absolute atomic E-state index is 12.3. The number of nitrogens with one attached hydrogen (secondary N) is 2. The van der Waals surface area contributed by atoms with E-state index in [1.54, 1.807) is 35.6 Å². The van der Waals surface area contributed by atoms with Gasteiger partial charge in [-0.2, -0.15) is 0 Å². The molecule has 1 saturated heterocycles. The van der Waals surface area contributed by atoms with E-state index in [0.29, 0.717) is 25.1 Å². The molecule has 3 rings (SSSR count). The summed E-state index contributed by atoms with van der Waals surface area (Å²) in [6.45, 7) is 1.24. The van der Waals surface area contributed by atoms with Gasteiger partial charge in [0.15, 0.2) is 0 Å². The molecule has 2 N–H and O–H groups in total. The van der Waals surface area contributed by atoms with Crippen molar-refractivity contribution in [2.45, 2.75) is 25.3 Å². The topological polar surface area (TPSA) is 78.5 Å². The average molecular weight is 385 g/mol. The Kier molecular flexibility index (Phi) is 6.59. The van der Waals surface area contributed by atoms with Crippen LogP contribution in [0.1, 0.15) is 28.1 Å². The lowest BCUT2D eigenvalue weighted by molar-refractivity contribution is -0.131. The van der Waals surface area contributed by atoms with Crippen LogP contribution in [0.4, 0.5) is 0 Å². The number of nitrogens with zero attached hydrogens (tertiary/aromatic N) is 1. The molecule has 2 heterocycles. The van der Waals surface area contributed by atoms with E-state index in [2.05, 4.69) is 10.6 Å². The van der Waals surface area contributed by atoms with Crippen molar-refractivity contribution < 1.29 is 14.4 Å². The van der Waals surface area contributed by atoms with Crippen LogP contribution in [0.3, 0.4) is 0 Å². The van der Waals surface area contributed by atoms with Crippen molar-refractivity contribution in [3.8, 4) is 0 Å². The minimum absolute atomic E-state index is 0.0388. The van der Waals surface area contributed by atoms with E-state index in [1.165, 1.54) is 0 Å². The van der Waals surface area contributed by atoms with Gasteiger partial charge >= 0.3 is 0 Å². The highest BCUT2D eigenvalue weighted by atomic mass is 32.1. The highest BCUT2D eigenvalue weighted by Gasteiger charge is 2.24. The smallest absolute Gasteiger partial charge is 0.251 e. The molecule has 27 heavy (non-hydrogen) atoms. The van der Waals surface area contributed by atoms with Crippen molar-refractivity contribution >= 4 is 29.1 Å². The molecule has 0 aliphatic carbocycles. The Morgan fingerprint density at radius 3 is 2.44 bits per heavy atom. The van der Waals surface area contributed by atoms with Gasteiger partial charge in [-0.25, -0.2) is 0 Å². The van der Waals surface area contributed by atoms with Crippen LogP contribution < -0.4 is 10.6 Å². The van der Waals surface area contributed by atoms with E-state index in [9.17, 15) is 14.4 Å². The lowest BCUT2D eigenvalue weighted by Crippen LogP contribution is -2.48. The highest BCUT2D eigenvalue weighted by Crippen LogP contribution is 2.15. The van der Waals surface area contributed by atoms with E-state index in [-0.39, 0.29) is 30.3 Å². The number of carbonyl (C=O) groups excluding carboxylic acids is 3. The van der Waals surface area contributed by atoms with E-state index in [0.717, 1.165) is 17.7 Å². The fourth-order valence-corrected chi connectivity index (χ4v) is 3.77. The standard InChI is InChI=1S/C20H23N3O3S/c24-18(14-21-20(26)15-5-2-1-3-6-15)22-16-8-10-23(11-9-16)19(25)13-17-7-4-12-27-17/h1-7,12,16H,8-11,13-14H2,(H,21,26)(H,22,24). The van der Waals surface area contributed by atoms with Crippen LogP contribution in [0.15, 0.2) is 47.8 Å². The number of thiophene rings is 1. The number of carbonyl (C=O) groups is 3. The van der Waals surface area contributed by atoms with E-state index < -0.39 is 0 Å². The number of hydrogen-bond acceptors (Lipinski definition) is 4. The first-order chi connectivity index (χ1) is 13.1. The van der Waals surface area contributed by atoms with Crippen molar-refractivity contribution in [1.29, 1.82) is 0 Å². The Morgan fingerprint density at radius 2 is 1.78 bits per heavy atom. The molecule has 6 nitrogen and oxygen atoms in total. The third kappa shape index (κ3) is 5.65. The van der Waals surface area contributed by atoms with Crippen molar-refractivity contribution in [3.63, 3.8) is 0 Å². The molecule has 0 atom stereocenters. The van der Waals surface area contributed by atoms with Crippen LogP contribution in [-0.4, -0.2) is 48.3 Å². The quantitative estimate of drug-likeness (QED) is 0.796. The van der Waals surface area contributed by atoms with Crippen molar-refractivity contribution in [1.82, 2.24) is 15.5 Å². The minimum Gasteiger partial charge on any atom is -0.352 e. The molecule has 0 radical (unpaired) electrons. The number of piperidine rings is 1. The van der Waals surface area contributed by atoms with Crippen LogP contribution in [0.2, 0.25) is 0 Å². The number of amides is 3. The van der Waals surface area contributed by atoms with Gasteiger partial charge in [-0.05, 0) is 36.4 Å². The molecule has 1 fully saturated rings. The molecule has 1 aliphatic heterocycles. The molecule has 0 saturated carbocycles. The molecule has 0 bridgehead atoms. The van der Waals surface area contributed by atoms with Gasteiger partial charge in [0.25, 0.3) is 5.91 Å². The van der Waals surface area contributed by atoms with Gasteiger partial charge in [0.1, 0.15) is 0 Å². The van der Waals surface area contributed by atoms with E-state index >= 15 is 0 Å². The lowest BCUT2D eigenvalue weighted by atomic mass is 10.0. The first-order valence-electron chi connectivity index (χ1n) is 9.04. The second-order valence-corrected chi connectivity index (χ2v) is 7.56. The normalized spacial score (nSPS) is 14.6. The number of hydrogen-bond donors (Lipinski definition) is 2. The number of likely N-dealkylation sites (tertiary alicyclic amines) is 1. The largest absolute Gasteiger partial charge is 0.352 e. The molecule has 1 aromatic heterocycles. The fraction of sp³-hybridized carbons (Fsp3) is 0.350. The van der Waals surface area contributed by atoms with Gasteiger partial charge in [0, 0.05) is 29.6 Å². The molecule has 7 heteroatoms. The molecular weight excluding hydrogens is 362 g/mol. The first-order valence-corrected chi connectivity index (χ1v) is 9.92.